The fourth-order valence-corrected chi connectivity index (χ4v) is 3.82. The monoisotopic (exact) mass is 240 g/mol. The Morgan fingerprint density at radius 1 is 1.35 bits per heavy atom. The lowest BCUT2D eigenvalue weighted by Crippen LogP contribution is -2.58. The van der Waals surface area contributed by atoms with Crippen LogP contribution >= 0.6 is 0 Å². The second kappa shape index (κ2) is 5.68. The summed E-state index contributed by atoms with van der Waals surface area (Å²) in [5, 5.41) is 0. The summed E-state index contributed by atoms with van der Waals surface area (Å²) in [5.41, 5.74) is 6.48. The van der Waals surface area contributed by atoms with E-state index in [9.17, 15) is 0 Å². The van der Waals surface area contributed by atoms with Gasteiger partial charge in [0.1, 0.15) is 0 Å². The van der Waals surface area contributed by atoms with Crippen LogP contribution < -0.4 is 5.73 Å². The van der Waals surface area contributed by atoms with Gasteiger partial charge < -0.3 is 10.5 Å². The Balaban J connectivity index is 2.11. The Labute approximate surface area is 106 Å². The fraction of sp³-hybridized carbons (Fsp3) is 1.00. The Morgan fingerprint density at radius 2 is 2.12 bits per heavy atom. The van der Waals surface area contributed by atoms with Crippen LogP contribution in [0.1, 0.15) is 45.4 Å². The van der Waals surface area contributed by atoms with Crippen molar-refractivity contribution < 1.29 is 4.74 Å². The van der Waals surface area contributed by atoms with Crippen molar-refractivity contribution in [2.24, 2.45) is 11.7 Å². The average molecular weight is 240 g/mol. The summed E-state index contributed by atoms with van der Waals surface area (Å²) in [6.45, 7) is 5.05. The summed E-state index contributed by atoms with van der Waals surface area (Å²) in [6, 6.07) is 0.792. The van der Waals surface area contributed by atoms with Gasteiger partial charge in [0, 0.05) is 31.8 Å². The van der Waals surface area contributed by atoms with Crippen LogP contribution in [-0.4, -0.2) is 43.3 Å². The van der Waals surface area contributed by atoms with Gasteiger partial charge in [0.05, 0.1) is 6.61 Å². The minimum absolute atomic E-state index is 0.286. The number of hydrogen-bond donors (Lipinski definition) is 1. The molecule has 0 aromatic heterocycles. The van der Waals surface area contributed by atoms with Gasteiger partial charge >= 0.3 is 0 Å². The maximum atomic E-state index is 6.19. The summed E-state index contributed by atoms with van der Waals surface area (Å²) in [6.07, 6.45) is 8.01. The van der Waals surface area contributed by atoms with Crippen molar-refractivity contribution in [1.29, 1.82) is 0 Å². The van der Waals surface area contributed by atoms with Crippen LogP contribution in [0.15, 0.2) is 0 Å². The lowest BCUT2D eigenvalue weighted by molar-refractivity contribution is 0.0248. The molecule has 0 bridgehead atoms. The average Bonchev–Trinajstić information content (AvgIpc) is 3.09. The second-order valence-electron chi connectivity index (χ2n) is 5.72. The zero-order chi connectivity index (χ0) is 12.3. The smallest absolute Gasteiger partial charge is 0.0590 e. The van der Waals surface area contributed by atoms with Crippen LogP contribution in [0.3, 0.4) is 0 Å². The van der Waals surface area contributed by atoms with Gasteiger partial charge in [0.25, 0.3) is 0 Å². The van der Waals surface area contributed by atoms with Gasteiger partial charge in [-0.25, -0.2) is 0 Å². The van der Waals surface area contributed by atoms with E-state index in [1.54, 1.807) is 7.11 Å². The first kappa shape index (κ1) is 13.3. The molecule has 2 rings (SSSR count). The molecule has 3 heteroatoms. The van der Waals surface area contributed by atoms with Gasteiger partial charge in [-0.1, -0.05) is 19.8 Å². The van der Waals surface area contributed by atoms with Gasteiger partial charge in [0.15, 0.2) is 0 Å². The molecule has 0 amide bonds. The standard InChI is InChI=1S/C14H28N2O/c1-3-12-5-4-8-14(12,11-15)16(9-10-17-2)13-6-7-13/h12-13H,3-11,15H2,1-2H3. The third kappa shape index (κ3) is 2.51. The molecule has 2 saturated carbocycles. The third-order valence-electron chi connectivity index (χ3n) is 4.86. The Morgan fingerprint density at radius 3 is 2.65 bits per heavy atom. The maximum absolute atomic E-state index is 6.19. The molecule has 2 atom stereocenters. The quantitative estimate of drug-likeness (QED) is 0.740. The minimum Gasteiger partial charge on any atom is -0.383 e. The van der Waals surface area contributed by atoms with Crippen molar-refractivity contribution in [3.63, 3.8) is 0 Å². The molecule has 0 aliphatic heterocycles. The first-order valence-electron chi connectivity index (χ1n) is 7.24. The number of hydrogen-bond acceptors (Lipinski definition) is 3. The molecule has 2 unspecified atom stereocenters. The van der Waals surface area contributed by atoms with E-state index in [0.717, 1.165) is 31.7 Å². The van der Waals surface area contributed by atoms with E-state index in [1.165, 1.54) is 38.5 Å². The Hall–Kier alpha value is -0.120. The Kier molecular flexibility index (Phi) is 4.45. The van der Waals surface area contributed by atoms with Crippen LogP contribution in [0.2, 0.25) is 0 Å². The predicted molar refractivity (Wildman–Crippen MR) is 71.0 cm³/mol. The summed E-state index contributed by atoms with van der Waals surface area (Å²) in [5.74, 6) is 0.796. The lowest BCUT2D eigenvalue weighted by Gasteiger charge is -2.45. The molecule has 2 aliphatic carbocycles. The van der Waals surface area contributed by atoms with Crippen LogP contribution in [0.4, 0.5) is 0 Å². The highest BCUT2D eigenvalue weighted by Gasteiger charge is 2.49. The molecule has 0 aromatic carbocycles. The zero-order valence-electron chi connectivity index (χ0n) is 11.5. The van der Waals surface area contributed by atoms with Crippen LogP contribution in [-0.2, 0) is 4.74 Å². The molecular formula is C14H28N2O. The van der Waals surface area contributed by atoms with Crippen molar-refractivity contribution >= 4 is 0 Å². The van der Waals surface area contributed by atoms with Crippen molar-refractivity contribution in [2.75, 3.05) is 26.8 Å². The van der Waals surface area contributed by atoms with E-state index in [-0.39, 0.29) is 5.54 Å². The summed E-state index contributed by atoms with van der Waals surface area (Å²) in [7, 11) is 1.80. The summed E-state index contributed by atoms with van der Waals surface area (Å²) < 4.78 is 5.29. The van der Waals surface area contributed by atoms with Crippen molar-refractivity contribution in [3.8, 4) is 0 Å². The second-order valence-corrected chi connectivity index (χ2v) is 5.72. The fourth-order valence-electron chi connectivity index (χ4n) is 3.82. The van der Waals surface area contributed by atoms with Crippen LogP contribution in [0.25, 0.3) is 0 Å². The first-order valence-corrected chi connectivity index (χ1v) is 7.24. The van der Waals surface area contributed by atoms with Gasteiger partial charge in [-0.15, -0.1) is 0 Å². The molecule has 0 aromatic rings. The van der Waals surface area contributed by atoms with Crippen LogP contribution in [0.5, 0.6) is 0 Å². The minimum atomic E-state index is 0.286. The van der Waals surface area contributed by atoms with Gasteiger partial charge in [-0.2, -0.15) is 0 Å². The number of ether oxygens (including phenoxy) is 1. The lowest BCUT2D eigenvalue weighted by atomic mass is 9.83. The van der Waals surface area contributed by atoms with Crippen molar-refractivity contribution in [3.05, 3.63) is 0 Å². The number of nitrogens with two attached hydrogens (primary N) is 1. The van der Waals surface area contributed by atoms with Gasteiger partial charge in [0.2, 0.25) is 0 Å². The number of rotatable bonds is 7. The molecule has 3 nitrogen and oxygen atoms in total. The van der Waals surface area contributed by atoms with E-state index in [0.29, 0.717) is 0 Å². The third-order valence-corrected chi connectivity index (χ3v) is 4.86. The topological polar surface area (TPSA) is 38.5 Å². The molecule has 2 aliphatic rings. The number of methoxy groups -OCH3 is 1. The molecular weight excluding hydrogens is 212 g/mol. The predicted octanol–water partition coefficient (Wildman–Crippen LogP) is 2.00. The van der Waals surface area contributed by atoms with Gasteiger partial charge in [-0.3, -0.25) is 4.90 Å². The molecule has 0 saturated heterocycles. The van der Waals surface area contributed by atoms with E-state index in [2.05, 4.69) is 11.8 Å². The van der Waals surface area contributed by atoms with E-state index < -0.39 is 0 Å². The van der Waals surface area contributed by atoms with E-state index >= 15 is 0 Å². The summed E-state index contributed by atoms with van der Waals surface area (Å²) >= 11 is 0. The Bertz CT molecular complexity index is 242. The molecule has 2 N–H and O–H groups in total. The molecule has 17 heavy (non-hydrogen) atoms. The molecule has 0 spiro atoms. The molecule has 2 fully saturated rings. The molecule has 100 valence electrons. The van der Waals surface area contributed by atoms with E-state index in [1.807, 2.05) is 0 Å². The van der Waals surface area contributed by atoms with E-state index in [4.69, 9.17) is 10.5 Å². The normalized spacial score (nSPS) is 33.5. The zero-order valence-corrected chi connectivity index (χ0v) is 11.5. The highest BCUT2D eigenvalue weighted by Crippen LogP contribution is 2.46. The summed E-state index contributed by atoms with van der Waals surface area (Å²) in [4.78, 5) is 2.71. The van der Waals surface area contributed by atoms with Crippen LogP contribution in [0, 0.1) is 5.92 Å². The number of nitrogens with zero attached hydrogens (tertiary/aromatic N) is 1. The molecule has 0 heterocycles. The SMILES string of the molecule is CCC1CCCC1(CN)N(CCOC)C1CC1. The highest BCUT2D eigenvalue weighted by molar-refractivity contribution is 5.05. The maximum Gasteiger partial charge on any atom is 0.0590 e. The van der Waals surface area contributed by atoms with Gasteiger partial charge in [-0.05, 0) is 31.6 Å². The highest BCUT2D eigenvalue weighted by atomic mass is 16.5. The largest absolute Gasteiger partial charge is 0.383 e. The van der Waals surface area contributed by atoms with Crippen molar-refractivity contribution in [1.82, 2.24) is 4.90 Å². The molecule has 0 radical (unpaired) electrons. The van der Waals surface area contributed by atoms with Crippen molar-refractivity contribution in [2.45, 2.75) is 57.0 Å². The first-order chi connectivity index (χ1) is 8.28.